The molecule has 0 saturated carbocycles. The van der Waals surface area contributed by atoms with Gasteiger partial charge in [-0.15, -0.1) is 17.9 Å². The Bertz CT molecular complexity index is 1280. The molecule has 0 bridgehead atoms. The molecule has 3 rings (SSSR count). The summed E-state index contributed by atoms with van der Waals surface area (Å²) in [5.41, 5.74) is 0.750. The summed E-state index contributed by atoms with van der Waals surface area (Å²) in [6.07, 6.45) is 1.60. The molecule has 1 aromatic carbocycles. The fraction of sp³-hybridized carbons (Fsp3) is 0.286. The minimum atomic E-state index is -0.651. The number of aryl methyl sites for hydroxylation is 2. The number of hydrogen-bond acceptors (Lipinski definition) is 8. The molecule has 1 unspecified atom stereocenters. The van der Waals surface area contributed by atoms with Crippen LogP contribution in [0.4, 0.5) is 11.4 Å². The summed E-state index contributed by atoms with van der Waals surface area (Å²) < 4.78 is 6.69. The zero-order chi connectivity index (χ0) is 23.6. The third-order valence-electron chi connectivity index (χ3n) is 4.87. The number of non-ortho nitro benzene ring substituents is 1. The number of aromatic nitrogens is 2. The van der Waals surface area contributed by atoms with Gasteiger partial charge in [-0.3, -0.25) is 24.3 Å². The molecule has 9 nitrogen and oxygen atoms in total. The third kappa shape index (κ3) is 4.53. The van der Waals surface area contributed by atoms with Crippen LogP contribution in [0.3, 0.4) is 0 Å². The Balaban J connectivity index is 1.92. The average Bonchev–Trinajstić information content (AvgIpc) is 3.04. The van der Waals surface area contributed by atoms with Gasteiger partial charge in [0.25, 0.3) is 11.2 Å². The van der Waals surface area contributed by atoms with Crippen molar-refractivity contribution in [2.75, 3.05) is 12.4 Å². The highest BCUT2D eigenvalue weighted by molar-refractivity contribution is 8.00. The van der Waals surface area contributed by atoms with Crippen LogP contribution in [0.5, 0.6) is 5.75 Å². The first kappa shape index (κ1) is 23.5. The molecule has 0 aliphatic heterocycles. The van der Waals surface area contributed by atoms with Crippen molar-refractivity contribution in [3.05, 3.63) is 61.8 Å². The van der Waals surface area contributed by atoms with Crippen molar-refractivity contribution in [3.8, 4) is 5.75 Å². The highest BCUT2D eigenvalue weighted by Crippen LogP contribution is 2.32. The predicted octanol–water partition coefficient (Wildman–Crippen LogP) is 4.30. The fourth-order valence-corrected chi connectivity index (χ4v) is 5.03. The van der Waals surface area contributed by atoms with E-state index in [2.05, 4.69) is 16.9 Å². The lowest BCUT2D eigenvalue weighted by molar-refractivity contribution is -0.384. The number of carbonyl (C=O) groups is 1. The number of thiophene rings is 1. The van der Waals surface area contributed by atoms with Gasteiger partial charge >= 0.3 is 0 Å². The van der Waals surface area contributed by atoms with Crippen LogP contribution in [-0.4, -0.2) is 32.7 Å². The van der Waals surface area contributed by atoms with Gasteiger partial charge < -0.3 is 10.1 Å². The van der Waals surface area contributed by atoms with Crippen LogP contribution < -0.4 is 15.6 Å². The van der Waals surface area contributed by atoms with Crippen LogP contribution in [0.2, 0.25) is 0 Å². The number of anilines is 1. The predicted molar refractivity (Wildman–Crippen MR) is 127 cm³/mol. The molecule has 32 heavy (non-hydrogen) atoms. The molecule has 0 aliphatic rings. The summed E-state index contributed by atoms with van der Waals surface area (Å²) in [5, 5.41) is 14.1. The smallest absolute Gasteiger partial charge is 0.271 e. The molecule has 0 fully saturated rings. The van der Waals surface area contributed by atoms with Gasteiger partial charge in [-0.05, 0) is 32.4 Å². The first-order chi connectivity index (χ1) is 15.2. The number of nitro groups is 1. The van der Waals surface area contributed by atoms with Crippen molar-refractivity contribution in [2.24, 2.45) is 0 Å². The number of ether oxygens (including phenoxy) is 1. The summed E-state index contributed by atoms with van der Waals surface area (Å²) >= 11 is 2.57. The Morgan fingerprint density at radius 2 is 2.19 bits per heavy atom. The van der Waals surface area contributed by atoms with Gasteiger partial charge in [0, 0.05) is 23.6 Å². The molecule has 0 aliphatic carbocycles. The van der Waals surface area contributed by atoms with Crippen molar-refractivity contribution in [2.45, 2.75) is 37.7 Å². The van der Waals surface area contributed by atoms with E-state index >= 15 is 0 Å². The summed E-state index contributed by atoms with van der Waals surface area (Å²) in [6.45, 7) is 9.47. The Morgan fingerprint density at radius 3 is 2.81 bits per heavy atom. The average molecular weight is 475 g/mol. The number of hydrogen-bond donors (Lipinski definition) is 1. The zero-order valence-corrected chi connectivity index (χ0v) is 19.6. The SMILES string of the molecule is C=CCn1c(SC(C)C(=O)Nc2cc([N+](=O)[O-])ccc2OC)nc2sc(C)c(C)c2c1=O. The second-order valence-electron chi connectivity index (χ2n) is 6.95. The van der Waals surface area contributed by atoms with Crippen molar-refractivity contribution in [1.82, 2.24) is 9.55 Å². The first-order valence-corrected chi connectivity index (χ1v) is 11.3. The monoisotopic (exact) mass is 474 g/mol. The quantitative estimate of drug-likeness (QED) is 0.170. The van der Waals surface area contributed by atoms with E-state index in [-0.39, 0.29) is 23.5 Å². The number of carbonyl (C=O) groups excluding carboxylic acids is 1. The summed E-state index contributed by atoms with van der Waals surface area (Å²) in [4.78, 5) is 42.7. The maximum Gasteiger partial charge on any atom is 0.271 e. The fourth-order valence-electron chi connectivity index (χ4n) is 3.04. The minimum Gasteiger partial charge on any atom is -0.495 e. The van der Waals surface area contributed by atoms with Crippen molar-refractivity contribution in [1.29, 1.82) is 0 Å². The summed E-state index contributed by atoms with van der Waals surface area (Å²) in [5.74, 6) is -0.111. The Hall–Kier alpha value is -3.18. The maximum atomic E-state index is 13.1. The second kappa shape index (κ2) is 9.53. The van der Waals surface area contributed by atoms with Crippen molar-refractivity contribution in [3.63, 3.8) is 0 Å². The van der Waals surface area contributed by atoms with Gasteiger partial charge in [-0.1, -0.05) is 17.8 Å². The minimum absolute atomic E-state index is 0.170. The van der Waals surface area contributed by atoms with Gasteiger partial charge in [0.2, 0.25) is 5.91 Å². The van der Waals surface area contributed by atoms with Crippen LogP contribution >= 0.6 is 23.1 Å². The third-order valence-corrected chi connectivity index (χ3v) is 7.06. The highest BCUT2D eigenvalue weighted by Gasteiger charge is 2.23. The first-order valence-electron chi connectivity index (χ1n) is 9.59. The van der Waals surface area contributed by atoms with Crippen molar-refractivity contribution < 1.29 is 14.5 Å². The molecule has 2 aromatic heterocycles. The second-order valence-corrected chi connectivity index (χ2v) is 9.46. The normalized spacial score (nSPS) is 11.9. The van der Waals surface area contributed by atoms with Crippen LogP contribution in [0.25, 0.3) is 10.2 Å². The number of benzene rings is 1. The lowest BCUT2D eigenvalue weighted by Gasteiger charge is -2.16. The van der Waals surface area contributed by atoms with E-state index in [1.807, 2.05) is 13.8 Å². The number of nitro benzene ring substituents is 1. The lowest BCUT2D eigenvalue weighted by atomic mass is 10.2. The van der Waals surface area contributed by atoms with E-state index in [0.717, 1.165) is 22.2 Å². The molecule has 0 spiro atoms. The van der Waals surface area contributed by atoms with Crippen LogP contribution in [-0.2, 0) is 11.3 Å². The highest BCUT2D eigenvalue weighted by atomic mass is 32.2. The van der Waals surface area contributed by atoms with Gasteiger partial charge in [-0.25, -0.2) is 4.98 Å². The van der Waals surface area contributed by atoms with E-state index in [1.165, 1.54) is 41.2 Å². The number of allylic oxidation sites excluding steroid dienone is 1. The molecule has 2 heterocycles. The van der Waals surface area contributed by atoms with Crippen LogP contribution in [0.1, 0.15) is 17.4 Å². The largest absolute Gasteiger partial charge is 0.495 e. The number of thioether (sulfide) groups is 1. The van der Waals surface area contributed by atoms with Gasteiger partial charge in [0.05, 0.1) is 28.4 Å². The molecule has 1 amide bonds. The number of methoxy groups -OCH3 is 1. The van der Waals surface area contributed by atoms with Gasteiger partial charge in [0.1, 0.15) is 10.6 Å². The maximum absolute atomic E-state index is 13.1. The van der Waals surface area contributed by atoms with Crippen molar-refractivity contribution >= 4 is 50.6 Å². The van der Waals surface area contributed by atoms with Crippen LogP contribution in [0, 0.1) is 24.0 Å². The Kier molecular flexibility index (Phi) is 6.99. The summed E-state index contributed by atoms with van der Waals surface area (Å²) in [7, 11) is 1.41. The lowest BCUT2D eigenvalue weighted by Crippen LogP contribution is -2.27. The van der Waals surface area contributed by atoms with E-state index < -0.39 is 16.1 Å². The number of fused-ring (bicyclic) bond motifs is 1. The molecule has 11 heteroatoms. The number of rotatable bonds is 8. The Labute approximate surface area is 192 Å². The van der Waals surface area contributed by atoms with Gasteiger partial charge in [-0.2, -0.15) is 0 Å². The van der Waals surface area contributed by atoms with Crippen LogP contribution in [0.15, 0.2) is 40.8 Å². The molecular weight excluding hydrogens is 452 g/mol. The standard InChI is InChI=1S/C21H22N4O5S2/c1-6-9-24-20(27)17-11(2)12(3)31-19(17)23-21(24)32-13(4)18(26)22-15-10-14(25(28)29)7-8-16(15)30-5/h6-8,10,13H,1,9H2,2-5H3,(H,22,26). The number of nitrogens with one attached hydrogen (secondary N) is 1. The molecule has 1 atom stereocenters. The van der Waals surface area contributed by atoms with E-state index in [1.54, 1.807) is 13.0 Å². The molecule has 0 radical (unpaired) electrons. The Morgan fingerprint density at radius 1 is 1.47 bits per heavy atom. The number of amides is 1. The molecular formula is C21H22N4O5S2. The molecule has 3 aromatic rings. The number of nitrogens with zero attached hydrogens (tertiary/aromatic N) is 3. The van der Waals surface area contributed by atoms with Gasteiger partial charge in [0.15, 0.2) is 5.16 Å². The van der Waals surface area contributed by atoms with E-state index in [4.69, 9.17) is 4.74 Å². The van der Waals surface area contributed by atoms with E-state index in [9.17, 15) is 19.7 Å². The summed E-state index contributed by atoms with van der Waals surface area (Å²) in [6, 6.07) is 3.96. The zero-order valence-electron chi connectivity index (χ0n) is 18.0. The van der Waals surface area contributed by atoms with E-state index in [0.29, 0.717) is 21.1 Å². The topological polar surface area (TPSA) is 116 Å². The molecule has 1 N–H and O–H groups in total. The molecule has 0 saturated heterocycles. The molecule has 168 valence electrons.